The summed E-state index contributed by atoms with van der Waals surface area (Å²) >= 11 is 1.35. The first kappa shape index (κ1) is 21.7. The van der Waals surface area contributed by atoms with Gasteiger partial charge in [0, 0.05) is 36.8 Å². The van der Waals surface area contributed by atoms with Gasteiger partial charge in [0.2, 0.25) is 5.16 Å². The zero-order valence-corrected chi connectivity index (χ0v) is 18.7. The van der Waals surface area contributed by atoms with Crippen molar-refractivity contribution in [2.24, 2.45) is 0 Å². The number of aromatic nitrogens is 4. The molecular formula is C22H24N6O4S. The van der Waals surface area contributed by atoms with E-state index in [4.69, 9.17) is 9.84 Å². The third kappa shape index (κ3) is 4.52. The van der Waals surface area contributed by atoms with Crippen molar-refractivity contribution in [2.45, 2.75) is 17.8 Å². The molecule has 0 radical (unpaired) electrons. The molecular weight excluding hydrogens is 444 g/mol. The predicted molar refractivity (Wildman–Crippen MR) is 123 cm³/mol. The van der Waals surface area contributed by atoms with E-state index in [1.807, 2.05) is 4.90 Å². The molecule has 1 aromatic heterocycles. The van der Waals surface area contributed by atoms with E-state index in [0.717, 1.165) is 45.0 Å². The lowest BCUT2D eigenvalue weighted by Crippen LogP contribution is -2.36. The summed E-state index contributed by atoms with van der Waals surface area (Å²) in [6.45, 7) is 4.06. The van der Waals surface area contributed by atoms with Crippen LogP contribution in [0.3, 0.4) is 0 Å². The molecule has 3 aromatic rings. The van der Waals surface area contributed by atoms with Gasteiger partial charge in [-0.05, 0) is 64.9 Å². The molecule has 2 aliphatic rings. The molecule has 1 atom stereocenters. The highest BCUT2D eigenvalue weighted by Gasteiger charge is 2.26. The van der Waals surface area contributed by atoms with Gasteiger partial charge in [-0.2, -0.15) is 4.68 Å². The predicted octanol–water partition coefficient (Wildman–Crippen LogP) is 1.67. The zero-order chi connectivity index (χ0) is 22.8. The van der Waals surface area contributed by atoms with Gasteiger partial charge in [0.15, 0.2) is 0 Å². The summed E-state index contributed by atoms with van der Waals surface area (Å²) in [5.41, 5.74) is 4.36. The molecule has 1 fully saturated rings. The minimum absolute atomic E-state index is 0.195. The van der Waals surface area contributed by atoms with Crippen molar-refractivity contribution < 1.29 is 19.7 Å². The first-order chi connectivity index (χ1) is 16.1. The number of benzene rings is 2. The molecule has 172 valence electrons. The molecule has 0 amide bonds. The van der Waals surface area contributed by atoms with E-state index in [2.05, 4.69) is 38.6 Å². The van der Waals surface area contributed by atoms with Gasteiger partial charge in [0.05, 0.1) is 24.5 Å². The van der Waals surface area contributed by atoms with E-state index < -0.39 is 12.2 Å². The summed E-state index contributed by atoms with van der Waals surface area (Å²) in [7, 11) is 0. The number of anilines is 2. The number of ether oxygens (including phenoxy) is 1. The monoisotopic (exact) mass is 468 g/mol. The molecule has 0 bridgehead atoms. The summed E-state index contributed by atoms with van der Waals surface area (Å²) in [5.74, 6) is -0.600. The van der Waals surface area contributed by atoms with Crippen LogP contribution in [0.25, 0.3) is 5.69 Å². The maximum atomic E-state index is 11.1. The Balaban J connectivity index is 1.24. The number of aromatic carboxylic acids is 1. The molecule has 3 heterocycles. The molecule has 1 unspecified atom stereocenters. The Kier molecular flexibility index (Phi) is 6.16. The Morgan fingerprint density at radius 2 is 1.85 bits per heavy atom. The number of thioether (sulfide) groups is 1. The van der Waals surface area contributed by atoms with Crippen LogP contribution in [-0.2, 0) is 11.2 Å². The Morgan fingerprint density at radius 1 is 1.09 bits per heavy atom. The molecule has 5 rings (SSSR count). The summed E-state index contributed by atoms with van der Waals surface area (Å²) in [4.78, 5) is 15.4. The number of carbonyl (C=O) groups is 1. The molecule has 0 saturated carbocycles. The fourth-order valence-electron chi connectivity index (χ4n) is 4.16. The quantitative estimate of drug-likeness (QED) is 0.496. The highest BCUT2D eigenvalue weighted by atomic mass is 32.2. The van der Waals surface area contributed by atoms with Crippen LogP contribution in [0.15, 0.2) is 47.6 Å². The number of morpholine rings is 1. The van der Waals surface area contributed by atoms with Crippen LogP contribution < -0.4 is 9.80 Å². The average molecular weight is 469 g/mol. The summed E-state index contributed by atoms with van der Waals surface area (Å²) in [6, 6.07) is 12.8. The minimum atomic E-state index is -0.987. The van der Waals surface area contributed by atoms with Crippen LogP contribution in [0.4, 0.5) is 11.4 Å². The lowest BCUT2D eigenvalue weighted by molar-refractivity contribution is 0.0697. The number of carboxylic acid groups (broad SMARTS) is 1. The number of aliphatic hydroxyl groups is 1. The Bertz CT molecular complexity index is 1130. The number of aliphatic hydroxyl groups excluding tert-OH is 1. The van der Waals surface area contributed by atoms with E-state index in [0.29, 0.717) is 16.6 Å². The maximum absolute atomic E-state index is 11.1. The van der Waals surface area contributed by atoms with Gasteiger partial charge in [-0.15, -0.1) is 5.10 Å². The van der Waals surface area contributed by atoms with Crippen molar-refractivity contribution in [1.29, 1.82) is 0 Å². The van der Waals surface area contributed by atoms with Crippen molar-refractivity contribution >= 4 is 29.1 Å². The van der Waals surface area contributed by atoms with Crippen LogP contribution in [0.2, 0.25) is 0 Å². The van der Waals surface area contributed by atoms with Gasteiger partial charge in [-0.1, -0.05) is 11.8 Å². The van der Waals surface area contributed by atoms with Crippen molar-refractivity contribution in [1.82, 2.24) is 20.2 Å². The highest BCUT2D eigenvalue weighted by molar-refractivity contribution is 7.99. The van der Waals surface area contributed by atoms with E-state index in [1.54, 1.807) is 12.1 Å². The van der Waals surface area contributed by atoms with Gasteiger partial charge >= 0.3 is 5.97 Å². The van der Waals surface area contributed by atoms with Gasteiger partial charge in [0.1, 0.15) is 6.23 Å². The fraction of sp³-hybridized carbons (Fsp3) is 0.364. The second kappa shape index (κ2) is 9.38. The number of nitrogens with zero attached hydrogens (tertiary/aromatic N) is 6. The normalized spacial score (nSPS) is 16.6. The molecule has 2 aliphatic heterocycles. The van der Waals surface area contributed by atoms with E-state index in [-0.39, 0.29) is 5.56 Å². The van der Waals surface area contributed by atoms with Crippen molar-refractivity contribution in [3.63, 3.8) is 0 Å². The Labute approximate surface area is 194 Å². The van der Waals surface area contributed by atoms with Gasteiger partial charge < -0.3 is 24.7 Å². The van der Waals surface area contributed by atoms with Crippen molar-refractivity contribution in [3.05, 3.63) is 53.6 Å². The van der Waals surface area contributed by atoms with E-state index in [1.165, 1.54) is 39.8 Å². The first-order valence-electron chi connectivity index (χ1n) is 10.8. The minimum Gasteiger partial charge on any atom is -0.478 e. The molecule has 2 N–H and O–H groups in total. The van der Waals surface area contributed by atoms with Crippen LogP contribution in [0.1, 0.15) is 15.9 Å². The number of carboxylic acids is 1. The number of tetrazole rings is 1. The van der Waals surface area contributed by atoms with E-state index >= 15 is 0 Å². The Morgan fingerprint density at radius 3 is 2.61 bits per heavy atom. The topological polar surface area (TPSA) is 117 Å². The number of rotatable bonds is 7. The van der Waals surface area contributed by atoms with Crippen molar-refractivity contribution in [3.8, 4) is 5.69 Å². The fourth-order valence-corrected chi connectivity index (χ4v) is 4.99. The van der Waals surface area contributed by atoms with Gasteiger partial charge in [-0.25, -0.2) is 4.79 Å². The Hall–Kier alpha value is -3.15. The third-order valence-electron chi connectivity index (χ3n) is 5.89. The van der Waals surface area contributed by atoms with Crippen LogP contribution in [0, 0.1) is 0 Å². The molecule has 1 saturated heterocycles. The third-order valence-corrected chi connectivity index (χ3v) is 6.87. The van der Waals surface area contributed by atoms with E-state index in [9.17, 15) is 9.90 Å². The van der Waals surface area contributed by atoms with Crippen LogP contribution >= 0.6 is 11.8 Å². The molecule has 33 heavy (non-hydrogen) atoms. The standard InChI is InChI=1S/C22H24N6O4S/c29-20(14-33-22-23-24-25-28(22)17-3-1-15(2-4-17)21(30)31)27-8-7-16-13-18(5-6-19(16)27)26-9-11-32-12-10-26/h1-6,13,20,29H,7-12,14H2,(H,30,31). The molecule has 0 spiro atoms. The largest absolute Gasteiger partial charge is 0.478 e. The first-order valence-corrected chi connectivity index (χ1v) is 11.7. The second-order valence-corrected chi connectivity index (χ2v) is 8.86. The maximum Gasteiger partial charge on any atom is 0.335 e. The molecule has 2 aromatic carbocycles. The lowest BCUT2D eigenvalue weighted by Gasteiger charge is -2.30. The summed E-state index contributed by atoms with van der Waals surface area (Å²) in [5, 5.41) is 32.3. The number of hydrogen-bond donors (Lipinski definition) is 2. The molecule has 11 heteroatoms. The molecule has 0 aliphatic carbocycles. The smallest absolute Gasteiger partial charge is 0.335 e. The molecule has 10 nitrogen and oxygen atoms in total. The summed E-state index contributed by atoms with van der Waals surface area (Å²) < 4.78 is 6.98. The average Bonchev–Trinajstić information content (AvgIpc) is 3.50. The number of fused-ring (bicyclic) bond motifs is 1. The zero-order valence-electron chi connectivity index (χ0n) is 17.9. The SMILES string of the molecule is O=C(O)c1ccc(-n2nnnc2SCC(O)N2CCc3cc(N4CCOCC4)ccc32)cc1. The van der Waals surface area contributed by atoms with Crippen LogP contribution in [-0.4, -0.2) is 81.2 Å². The summed E-state index contributed by atoms with van der Waals surface area (Å²) in [6.07, 6.45) is 0.202. The van der Waals surface area contributed by atoms with Gasteiger partial charge in [-0.3, -0.25) is 0 Å². The highest BCUT2D eigenvalue weighted by Crippen LogP contribution is 2.34. The second-order valence-electron chi connectivity index (χ2n) is 7.87. The lowest BCUT2D eigenvalue weighted by atomic mass is 10.1. The van der Waals surface area contributed by atoms with Crippen LogP contribution in [0.5, 0.6) is 0 Å². The number of hydrogen-bond acceptors (Lipinski definition) is 9. The van der Waals surface area contributed by atoms with Gasteiger partial charge in [0.25, 0.3) is 0 Å². The van der Waals surface area contributed by atoms with Crippen molar-refractivity contribution in [2.75, 3.05) is 48.4 Å².